The van der Waals surface area contributed by atoms with Gasteiger partial charge in [0, 0.05) is 7.05 Å². The predicted molar refractivity (Wildman–Crippen MR) is 51.7 cm³/mol. The molecule has 7 heteroatoms. The van der Waals surface area contributed by atoms with Crippen LogP contribution in [0.1, 0.15) is 5.69 Å². The fourth-order valence-electron chi connectivity index (χ4n) is 1.11. The molecule has 1 heterocycles. The van der Waals surface area contributed by atoms with E-state index in [1.54, 1.807) is 0 Å². The summed E-state index contributed by atoms with van der Waals surface area (Å²) in [6.45, 7) is -0.186. The molecule has 1 aromatic heterocycles. The van der Waals surface area contributed by atoms with Crippen molar-refractivity contribution in [2.75, 3.05) is 18.5 Å². The number of rotatable bonds is 3. The van der Waals surface area contributed by atoms with E-state index in [9.17, 15) is 18.0 Å². The van der Waals surface area contributed by atoms with Crippen LogP contribution in [0, 0.1) is 0 Å². The Kier molecular flexibility index (Phi) is 3.36. The van der Waals surface area contributed by atoms with Gasteiger partial charge in [0.05, 0.1) is 6.54 Å². The molecule has 0 aliphatic heterocycles. The molecule has 0 aromatic carbocycles. The molecule has 88 valence electrons. The molecule has 0 aliphatic carbocycles. The molecule has 4 nitrogen and oxygen atoms in total. The van der Waals surface area contributed by atoms with E-state index in [0.29, 0.717) is 0 Å². The van der Waals surface area contributed by atoms with Crippen LogP contribution in [0.4, 0.5) is 19.0 Å². The second-order valence-electron chi connectivity index (χ2n) is 3.20. The summed E-state index contributed by atoms with van der Waals surface area (Å²) in [6.07, 6.45) is -4.50. The molecule has 1 amide bonds. The average Bonchev–Trinajstić information content (AvgIpc) is 2.15. The van der Waals surface area contributed by atoms with Crippen LogP contribution in [0.15, 0.2) is 18.2 Å². The first-order valence-electron chi connectivity index (χ1n) is 4.34. The van der Waals surface area contributed by atoms with Gasteiger partial charge in [0.15, 0.2) is 0 Å². The smallest absolute Gasteiger partial charge is 0.368 e. The van der Waals surface area contributed by atoms with Gasteiger partial charge in [-0.25, -0.2) is 4.98 Å². The Balaban J connectivity index is 2.94. The first kappa shape index (κ1) is 12.3. The first-order valence-corrected chi connectivity index (χ1v) is 4.34. The van der Waals surface area contributed by atoms with Crippen molar-refractivity contribution < 1.29 is 18.0 Å². The Morgan fingerprint density at radius 2 is 2.12 bits per heavy atom. The average molecular weight is 233 g/mol. The molecule has 2 N–H and O–H groups in total. The van der Waals surface area contributed by atoms with Crippen LogP contribution >= 0.6 is 0 Å². The number of nitrogens with two attached hydrogens (primary N) is 1. The van der Waals surface area contributed by atoms with Gasteiger partial charge in [0.2, 0.25) is 5.91 Å². The molecule has 0 saturated carbocycles. The van der Waals surface area contributed by atoms with Gasteiger partial charge < -0.3 is 10.6 Å². The lowest BCUT2D eigenvalue weighted by Crippen LogP contribution is -2.31. The Bertz CT molecular complexity index is 392. The molecule has 1 rings (SSSR count). The molecule has 0 spiro atoms. The van der Waals surface area contributed by atoms with E-state index in [1.165, 1.54) is 24.1 Å². The standard InChI is InChI=1S/C9H10F3N3O/c1-15(5-7(13)16)8-4-2-3-6(14-8)9(10,11)12/h2-4H,5H2,1H3,(H2,13,16). The molecule has 0 bridgehead atoms. The van der Waals surface area contributed by atoms with E-state index < -0.39 is 17.8 Å². The quantitative estimate of drug-likeness (QED) is 0.848. The number of alkyl halides is 3. The molecular weight excluding hydrogens is 223 g/mol. The zero-order chi connectivity index (χ0) is 12.3. The zero-order valence-electron chi connectivity index (χ0n) is 8.45. The highest BCUT2D eigenvalue weighted by Crippen LogP contribution is 2.28. The summed E-state index contributed by atoms with van der Waals surface area (Å²) < 4.78 is 37.0. The van der Waals surface area contributed by atoms with Crippen LogP contribution in [0.2, 0.25) is 0 Å². The minimum absolute atomic E-state index is 0.0497. The summed E-state index contributed by atoms with van der Waals surface area (Å²) in [5.74, 6) is -0.588. The van der Waals surface area contributed by atoms with Gasteiger partial charge in [-0.2, -0.15) is 13.2 Å². The summed E-state index contributed by atoms with van der Waals surface area (Å²) in [7, 11) is 1.44. The molecule has 0 fully saturated rings. The lowest BCUT2D eigenvalue weighted by atomic mass is 10.3. The number of primary amides is 1. The number of amides is 1. The Morgan fingerprint density at radius 1 is 1.50 bits per heavy atom. The number of anilines is 1. The van der Waals surface area contributed by atoms with Crippen LogP contribution in [0.5, 0.6) is 0 Å². The van der Waals surface area contributed by atoms with E-state index in [1.807, 2.05) is 0 Å². The monoisotopic (exact) mass is 233 g/mol. The Labute approximate surface area is 89.9 Å². The second kappa shape index (κ2) is 4.38. The van der Waals surface area contributed by atoms with Gasteiger partial charge in [-0.3, -0.25) is 4.79 Å². The highest BCUT2D eigenvalue weighted by molar-refractivity contribution is 5.78. The summed E-state index contributed by atoms with van der Waals surface area (Å²) in [4.78, 5) is 15.2. The number of nitrogens with zero attached hydrogens (tertiary/aromatic N) is 2. The number of halogens is 3. The minimum Gasteiger partial charge on any atom is -0.368 e. The first-order chi connectivity index (χ1) is 7.30. The molecule has 0 aliphatic rings. The molecule has 0 radical (unpaired) electrons. The van der Waals surface area contributed by atoms with Gasteiger partial charge in [0.25, 0.3) is 0 Å². The van der Waals surface area contributed by atoms with Gasteiger partial charge in [-0.1, -0.05) is 6.07 Å². The largest absolute Gasteiger partial charge is 0.433 e. The zero-order valence-corrected chi connectivity index (χ0v) is 8.45. The van der Waals surface area contributed by atoms with Crippen molar-refractivity contribution in [1.82, 2.24) is 4.98 Å². The van der Waals surface area contributed by atoms with Crippen molar-refractivity contribution in [1.29, 1.82) is 0 Å². The van der Waals surface area contributed by atoms with Crippen molar-refractivity contribution in [3.8, 4) is 0 Å². The Hall–Kier alpha value is -1.79. The minimum atomic E-state index is -4.50. The van der Waals surface area contributed by atoms with E-state index in [4.69, 9.17) is 5.73 Å². The molecule has 0 saturated heterocycles. The van der Waals surface area contributed by atoms with Gasteiger partial charge >= 0.3 is 6.18 Å². The van der Waals surface area contributed by atoms with E-state index in [2.05, 4.69) is 4.98 Å². The number of carbonyl (C=O) groups excluding carboxylic acids is 1. The van der Waals surface area contributed by atoms with Crippen LogP contribution in [0.25, 0.3) is 0 Å². The van der Waals surface area contributed by atoms with E-state index in [-0.39, 0.29) is 12.4 Å². The van der Waals surface area contributed by atoms with Gasteiger partial charge in [0.1, 0.15) is 11.5 Å². The summed E-state index contributed by atoms with van der Waals surface area (Å²) in [5.41, 5.74) is 3.93. The molecule has 16 heavy (non-hydrogen) atoms. The maximum atomic E-state index is 12.3. The van der Waals surface area contributed by atoms with Crippen LogP contribution in [-0.2, 0) is 11.0 Å². The third-order valence-electron chi connectivity index (χ3n) is 1.81. The van der Waals surface area contributed by atoms with Gasteiger partial charge in [-0.15, -0.1) is 0 Å². The SMILES string of the molecule is CN(CC(N)=O)c1cccc(C(F)(F)F)n1. The van der Waals surface area contributed by atoms with Crippen molar-refractivity contribution in [2.45, 2.75) is 6.18 Å². The molecule has 0 unspecified atom stereocenters. The number of pyridine rings is 1. The second-order valence-corrected chi connectivity index (χ2v) is 3.20. The highest BCUT2D eigenvalue weighted by atomic mass is 19.4. The maximum absolute atomic E-state index is 12.3. The maximum Gasteiger partial charge on any atom is 0.433 e. The molecular formula is C9H10F3N3O. The lowest BCUT2D eigenvalue weighted by molar-refractivity contribution is -0.141. The van der Waals surface area contributed by atoms with Gasteiger partial charge in [-0.05, 0) is 12.1 Å². The Morgan fingerprint density at radius 3 is 2.62 bits per heavy atom. The van der Waals surface area contributed by atoms with E-state index >= 15 is 0 Å². The van der Waals surface area contributed by atoms with Crippen LogP contribution in [-0.4, -0.2) is 24.5 Å². The third kappa shape index (κ3) is 3.11. The summed E-state index contributed by atoms with van der Waals surface area (Å²) >= 11 is 0. The molecule has 1 aromatic rings. The van der Waals surface area contributed by atoms with Crippen molar-refractivity contribution >= 4 is 11.7 Å². The predicted octanol–water partition coefficient (Wildman–Crippen LogP) is 1.02. The fourth-order valence-corrected chi connectivity index (χ4v) is 1.11. The fraction of sp³-hybridized carbons (Fsp3) is 0.333. The summed E-state index contributed by atoms with van der Waals surface area (Å²) in [5, 5.41) is 0. The third-order valence-corrected chi connectivity index (χ3v) is 1.81. The van der Waals surface area contributed by atoms with Crippen LogP contribution in [0.3, 0.4) is 0 Å². The number of likely N-dealkylation sites (N-methyl/N-ethyl adjacent to an activating group) is 1. The lowest BCUT2D eigenvalue weighted by Gasteiger charge is -2.17. The summed E-state index contributed by atoms with van der Waals surface area (Å²) in [6, 6.07) is 3.46. The molecule has 0 atom stereocenters. The van der Waals surface area contributed by atoms with Crippen molar-refractivity contribution in [2.24, 2.45) is 5.73 Å². The highest BCUT2D eigenvalue weighted by Gasteiger charge is 2.32. The van der Waals surface area contributed by atoms with Crippen LogP contribution < -0.4 is 10.6 Å². The number of hydrogen-bond donors (Lipinski definition) is 1. The van der Waals surface area contributed by atoms with E-state index in [0.717, 1.165) is 6.07 Å². The number of carbonyl (C=O) groups is 1. The number of aromatic nitrogens is 1. The van der Waals surface area contributed by atoms with Crippen molar-refractivity contribution in [3.05, 3.63) is 23.9 Å². The topological polar surface area (TPSA) is 59.2 Å². The number of hydrogen-bond acceptors (Lipinski definition) is 3. The van der Waals surface area contributed by atoms with Crippen molar-refractivity contribution in [3.63, 3.8) is 0 Å². The normalized spacial score (nSPS) is 11.2.